The summed E-state index contributed by atoms with van der Waals surface area (Å²) in [4.78, 5) is 12.3. The molecule has 23 heavy (non-hydrogen) atoms. The summed E-state index contributed by atoms with van der Waals surface area (Å²) in [6.07, 6.45) is 0. The van der Waals surface area contributed by atoms with E-state index < -0.39 is 6.04 Å². The number of aryl methyl sites for hydroxylation is 1. The predicted octanol–water partition coefficient (Wildman–Crippen LogP) is 3.51. The van der Waals surface area contributed by atoms with Gasteiger partial charge in [0.15, 0.2) is 0 Å². The zero-order valence-electron chi connectivity index (χ0n) is 13.9. The highest BCUT2D eigenvalue weighted by atomic mass is 35.5. The van der Waals surface area contributed by atoms with Crippen LogP contribution in [0.15, 0.2) is 54.6 Å². The van der Waals surface area contributed by atoms with Crippen LogP contribution in [0.1, 0.15) is 36.6 Å². The van der Waals surface area contributed by atoms with E-state index in [1.165, 1.54) is 5.56 Å². The van der Waals surface area contributed by atoms with E-state index in [2.05, 4.69) is 31.3 Å². The molecular weight excluding hydrogens is 308 g/mol. The van der Waals surface area contributed by atoms with Crippen molar-refractivity contribution in [1.82, 2.24) is 5.32 Å². The summed E-state index contributed by atoms with van der Waals surface area (Å²) in [7, 11) is 0. The summed E-state index contributed by atoms with van der Waals surface area (Å²) >= 11 is 0. The number of carbonyl (C=O) groups is 1. The largest absolute Gasteiger partial charge is 0.354 e. The Hall–Kier alpha value is -1.84. The van der Waals surface area contributed by atoms with Gasteiger partial charge in [0.2, 0.25) is 5.91 Å². The van der Waals surface area contributed by atoms with Crippen LogP contribution in [-0.2, 0) is 10.2 Å². The molecule has 0 radical (unpaired) electrons. The molecule has 3 nitrogen and oxygen atoms in total. The Labute approximate surface area is 144 Å². The molecule has 1 atom stereocenters. The fourth-order valence-electron chi connectivity index (χ4n) is 2.33. The lowest BCUT2D eigenvalue weighted by atomic mass is 9.84. The van der Waals surface area contributed by atoms with Crippen LogP contribution in [0.5, 0.6) is 0 Å². The van der Waals surface area contributed by atoms with E-state index in [4.69, 9.17) is 5.73 Å². The van der Waals surface area contributed by atoms with Gasteiger partial charge in [-0.15, -0.1) is 12.4 Å². The molecule has 0 saturated heterocycles. The standard InChI is InChI=1S/C19H24N2O.ClH/c1-14-9-11-15(12-10-14)17(20)18(22)21-13-19(2,3)16-7-5-4-6-8-16;/h4-12,17H,13,20H2,1-3H3,(H,21,22);1H. The van der Waals surface area contributed by atoms with Gasteiger partial charge in [-0.1, -0.05) is 74.0 Å². The minimum atomic E-state index is -0.632. The third-order valence-corrected chi connectivity index (χ3v) is 3.98. The van der Waals surface area contributed by atoms with Crippen LogP contribution in [-0.4, -0.2) is 12.5 Å². The summed E-state index contributed by atoms with van der Waals surface area (Å²) in [5.74, 6) is -0.146. The van der Waals surface area contributed by atoms with E-state index in [1.807, 2.05) is 49.4 Å². The van der Waals surface area contributed by atoms with Crippen LogP contribution in [0.25, 0.3) is 0 Å². The SMILES string of the molecule is Cc1ccc(C(N)C(=O)NCC(C)(C)c2ccccc2)cc1.Cl. The Bertz CT molecular complexity index is 624. The second-order valence-corrected chi connectivity index (χ2v) is 6.36. The van der Waals surface area contributed by atoms with E-state index in [0.717, 1.165) is 11.1 Å². The van der Waals surface area contributed by atoms with Gasteiger partial charge in [0.25, 0.3) is 0 Å². The number of carbonyl (C=O) groups excluding carboxylic acids is 1. The van der Waals surface area contributed by atoms with Crippen molar-refractivity contribution in [2.24, 2.45) is 5.73 Å². The van der Waals surface area contributed by atoms with E-state index in [9.17, 15) is 4.79 Å². The first-order valence-electron chi connectivity index (χ1n) is 7.55. The van der Waals surface area contributed by atoms with Gasteiger partial charge in [-0.2, -0.15) is 0 Å². The van der Waals surface area contributed by atoms with Crippen molar-refractivity contribution >= 4 is 18.3 Å². The van der Waals surface area contributed by atoms with Gasteiger partial charge >= 0.3 is 0 Å². The quantitative estimate of drug-likeness (QED) is 0.880. The molecule has 0 aliphatic carbocycles. The molecule has 3 N–H and O–H groups in total. The van der Waals surface area contributed by atoms with Gasteiger partial charge in [-0.05, 0) is 18.1 Å². The first-order chi connectivity index (χ1) is 10.4. The van der Waals surface area contributed by atoms with Gasteiger partial charge < -0.3 is 11.1 Å². The Morgan fingerprint density at radius 1 is 1.09 bits per heavy atom. The van der Waals surface area contributed by atoms with Crippen molar-refractivity contribution in [3.8, 4) is 0 Å². The summed E-state index contributed by atoms with van der Waals surface area (Å²) in [6.45, 7) is 6.78. The third-order valence-electron chi connectivity index (χ3n) is 3.98. The Balaban J connectivity index is 0.00000264. The van der Waals surface area contributed by atoms with Gasteiger partial charge in [0.1, 0.15) is 6.04 Å². The summed E-state index contributed by atoms with van der Waals surface area (Å²) in [5, 5.41) is 2.97. The molecule has 1 unspecified atom stereocenters. The van der Waals surface area contributed by atoms with Crippen molar-refractivity contribution in [2.45, 2.75) is 32.2 Å². The average molecular weight is 333 g/mol. The number of hydrogen-bond donors (Lipinski definition) is 2. The summed E-state index contributed by atoms with van der Waals surface area (Å²) in [6, 6.07) is 17.3. The second kappa shape index (κ2) is 8.14. The lowest BCUT2D eigenvalue weighted by Crippen LogP contribution is -2.41. The van der Waals surface area contributed by atoms with Crippen LogP contribution in [0, 0.1) is 6.92 Å². The molecule has 0 aromatic heterocycles. The number of nitrogens with two attached hydrogens (primary N) is 1. The Kier molecular flexibility index (Phi) is 6.79. The maximum Gasteiger partial charge on any atom is 0.241 e. The molecule has 2 aromatic carbocycles. The molecule has 0 heterocycles. The number of nitrogens with one attached hydrogen (secondary N) is 1. The van der Waals surface area contributed by atoms with Crippen molar-refractivity contribution in [2.75, 3.05) is 6.54 Å². The highest BCUT2D eigenvalue weighted by Gasteiger charge is 2.23. The molecule has 0 aliphatic heterocycles. The fraction of sp³-hybridized carbons (Fsp3) is 0.316. The number of rotatable bonds is 5. The minimum Gasteiger partial charge on any atom is -0.354 e. The van der Waals surface area contributed by atoms with E-state index in [-0.39, 0.29) is 23.7 Å². The van der Waals surface area contributed by atoms with Crippen LogP contribution < -0.4 is 11.1 Å². The molecule has 4 heteroatoms. The lowest BCUT2D eigenvalue weighted by molar-refractivity contribution is -0.122. The molecule has 0 fully saturated rings. The van der Waals surface area contributed by atoms with Gasteiger partial charge in [0, 0.05) is 12.0 Å². The number of halogens is 1. The van der Waals surface area contributed by atoms with E-state index >= 15 is 0 Å². The van der Waals surface area contributed by atoms with Crippen molar-refractivity contribution in [1.29, 1.82) is 0 Å². The van der Waals surface area contributed by atoms with Crippen LogP contribution in [0.3, 0.4) is 0 Å². The van der Waals surface area contributed by atoms with Crippen LogP contribution >= 0.6 is 12.4 Å². The maximum absolute atomic E-state index is 12.3. The maximum atomic E-state index is 12.3. The molecule has 0 saturated carbocycles. The van der Waals surface area contributed by atoms with Crippen LogP contribution in [0.2, 0.25) is 0 Å². The zero-order chi connectivity index (χ0) is 16.2. The third kappa shape index (κ3) is 5.08. The highest BCUT2D eigenvalue weighted by Crippen LogP contribution is 2.22. The molecule has 2 rings (SSSR count). The predicted molar refractivity (Wildman–Crippen MR) is 97.8 cm³/mol. The van der Waals surface area contributed by atoms with E-state index in [1.54, 1.807) is 0 Å². The van der Waals surface area contributed by atoms with Gasteiger partial charge in [-0.3, -0.25) is 4.79 Å². The van der Waals surface area contributed by atoms with Crippen molar-refractivity contribution < 1.29 is 4.79 Å². The minimum absolute atomic E-state index is 0. The molecule has 2 aromatic rings. The van der Waals surface area contributed by atoms with Crippen molar-refractivity contribution in [3.63, 3.8) is 0 Å². The molecule has 124 valence electrons. The normalized spacial score (nSPS) is 12.2. The van der Waals surface area contributed by atoms with Gasteiger partial charge in [0.05, 0.1) is 0 Å². The molecule has 0 bridgehead atoms. The topological polar surface area (TPSA) is 55.1 Å². The second-order valence-electron chi connectivity index (χ2n) is 6.36. The molecule has 0 aliphatic rings. The lowest BCUT2D eigenvalue weighted by Gasteiger charge is -2.26. The summed E-state index contributed by atoms with van der Waals surface area (Å²) < 4.78 is 0. The first-order valence-corrected chi connectivity index (χ1v) is 7.55. The highest BCUT2D eigenvalue weighted by molar-refractivity contribution is 5.85. The average Bonchev–Trinajstić information content (AvgIpc) is 2.53. The number of amides is 1. The zero-order valence-corrected chi connectivity index (χ0v) is 14.7. The summed E-state index contributed by atoms with van der Waals surface area (Å²) in [5.41, 5.74) is 9.09. The van der Waals surface area contributed by atoms with Crippen LogP contribution in [0.4, 0.5) is 0 Å². The Morgan fingerprint density at radius 2 is 1.65 bits per heavy atom. The Morgan fingerprint density at radius 3 is 2.22 bits per heavy atom. The van der Waals surface area contributed by atoms with E-state index in [0.29, 0.717) is 6.54 Å². The smallest absolute Gasteiger partial charge is 0.241 e. The molecule has 1 amide bonds. The first kappa shape index (κ1) is 19.2. The molecular formula is C19H25ClN2O. The number of hydrogen-bond acceptors (Lipinski definition) is 2. The monoisotopic (exact) mass is 332 g/mol. The fourth-order valence-corrected chi connectivity index (χ4v) is 2.33. The van der Waals surface area contributed by atoms with Gasteiger partial charge in [-0.25, -0.2) is 0 Å². The van der Waals surface area contributed by atoms with Crippen molar-refractivity contribution in [3.05, 3.63) is 71.3 Å². The number of benzene rings is 2. The molecule has 0 spiro atoms.